The lowest BCUT2D eigenvalue weighted by molar-refractivity contribution is -0.149. The first-order valence-corrected chi connectivity index (χ1v) is 5.80. The van der Waals surface area contributed by atoms with Crippen LogP contribution in [0.15, 0.2) is 0 Å². The number of hydrogen-bond acceptors (Lipinski definition) is 4. The summed E-state index contributed by atoms with van der Waals surface area (Å²) >= 11 is 0. The molecule has 2 heterocycles. The lowest BCUT2D eigenvalue weighted by Crippen LogP contribution is -2.54. The maximum absolute atomic E-state index is 11.2. The lowest BCUT2D eigenvalue weighted by atomic mass is 9.98. The second-order valence-corrected chi connectivity index (χ2v) is 4.77. The fourth-order valence-corrected chi connectivity index (χ4v) is 3.14. The SMILES string of the molecule is COCC(C(=O)O)N1C2CCC1CC(O)C2. The third-order valence-corrected chi connectivity index (χ3v) is 3.73. The number of carboxylic acid groups (broad SMARTS) is 1. The summed E-state index contributed by atoms with van der Waals surface area (Å²) in [5, 5.41) is 18.9. The van der Waals surface area contributed by atoms with Crippen molar-refractivity contribution in [2.24, 2.45) is 0 Å². The monoisotopic (exact) mass is 229 g/mol. The Morgan fingerprint density at radius 2 is 2.00 bits per heavy atom. The zero-order valence-electron chi connectivity index (χ0n) is 9.50. The van der Waals surface area contributed by atoms with Gasteiger partial charge in [-0.2, -0.15) is 0 Å². The van der Waals surface area contributed by atoms with Crippen LogP contribution in [0.4, 0.5) is 0 Å². The summed E-state index contributed by atoms with van der Waals surface area (Å²) in [7, 11) is 1.52. The Morgan fingerprint density at radius 1 is 1.44 bits per heavy atom. The number of hydrogen-bond donors (Lipinski definition) is 2. The highest BCUT2D eigenvalue weighted by molar-refractivity contribution is 5.73. The van der Waals surface area contributed by atoms with Crippen molar-refractivity contribution in [2.75, 3.05) is 13.7 Å². The number of ether oxygens (including phenoxy) is 1. The van der Waals surface area contributed by atoms with Gasteiger partial charge in [0.15, 0.2) is 0 Å². The van der Waals surface area contributed by atoms with Crippen LogP contribution in [-0.4, -0.2) is 59.0 Å². The number of piperidine rings is 1. The fraction of sp³-hybridized carbons (Fsp3) is 0.909. The Bertz CT molecular complexity index is 257. The van der Waals surface area contributed by atoms with Gasteiger partial charge in [-0.05, 0) is 25.7 Å². The van der Waals surface area contributed by atoms with Crippen LogP contribution in [0.25, 0.3) is 0 Å². The Morgan fingerprint density at radius 3 is 2.44 bits per heavy atom. The van der Waals surface area contributed by atoms with Gasteiger partial charge in [-0.25, -0.2) is 0 Å². The van der Waals surface area contributed by atoms with Crippen LogP contribution in [0.1, 0.15) is 25.7 Å². The average Bonchev–Trinajstić information content (AvgIpc) is 2.46. The molecule has 2 aliphatic heterocycles. The molecule has 0 aromatic rings. The van der Waals surface area contributed by atoms with E-state index in [0.717, 1.165) is 12.8 Å². The second kappa shape index (κ2) is 4.69. The van der Waals surface area contributed by atoms with Gasteiger partial charge in [0, 0.05) is 19.2 Å². The summed E-state index contributed by atoms with van der Waals surface area (Å²) < 4.78 is 4.98. The molecule has 5 heteroatoms. The van der Waals surface area contributed by atoms with Gasteiger partial charge in [-0.15, -0.1) is 0 Å². The first-order valence-electron chi connectivity index (χ1n) is 5.80. The predicted molar refractivity (Wildman–Crippen MR) is 57.2 cm³/mol. The number of carbonyl (C=O) groups is 1. The minimum absolute atomic E-state index is 0.213. The Labute approximate surface area is 95.0 Å². The van der Waals surface area contributed by atoms with Gasteiger partial charge in [-0.3, -0.25) is 9.69 Å². The minimum atomic E-state index is -0.824. The van der Waals surface area contributed by atoms with Crippen molar-refractivity contribution < 1.29 is 19.7 Å². The van der Waals surface area contributed by atoms with Crippen molar-refractivity contribution >= 4 is 5.97 Å². The first-order chi connectivity index (χ1) is 7.63. The maximum Gasteiger partial charge on any atom is 0.323 e. The molecule has 16 heavy (non-hydrogen) atoms. The Kier molecular flexibility index (Phi) is 3.47. The van der Waals surface area contributed by atoms with Crippen LogP contribution in [0.5, 0.6) is 0 Å². The van der Waals surface area contributed by atoms with E-state index in [1.54, 1.807) is 0 Å². The molecule has 0 amide bonds. The number of aliphatic carboxylic acids is 1. The van der Waals surface area contributed by atoms with Crippen LogP contribution in [0, 0.1) is 0 Å². The van der Waals surface area contributed by atoms with Crippen LogP contribution in [0.2, 0.25) is 0 Å². The van der Waals surface area contributed by atoms with E-state index in [2.05, 4.69) is 0 Å². The molecule has 2 saturated heterocycles. The second-order valence-electron chi connectivity index (χ2n) is 4.77. The Hall–Kier alpha value is -0.650. The van der Waals surface area contributed by atoms with E-state index < -0.39 is 12.0 Å². The quantitative estimate of drug-likeness (QED) is 0.714. The molecule has 2 rings (SSSR count). The van der Waals surface area contributed by atoms with Gasteiger partial charge in [-0.1, -0.05) is 0 Å². The van der Waals surface area contributed by atoms with E-state index in [1.165, 1.54) is 7.11 Å². The molecule has 2 bridgehead atoms. The van der Waals surface area contributed by atoms with Crippen molar-refractivity contribution in [3.05, 3.63) is 0 Å². The van der Waals surface area contributed by atoms with Crippen LogP contribution in [0.3, 0.4) is 0 Å². The molecule has 2 aliphatic rings. The van der Waals surface area contributed by atoms with E-state index in [1.807, 2.05) is 4.90 Å². The number of methoxy groups -OCH3 is 1. The van der Waals surface area contributed by atoms with E-state index in [-0.39, 0.29) is 24.8 Å². The van der Waals surface area contributed by atoms with E-state index in [9.17, 15) is 15.0 Å². The summed E-state index contributed by atoms with van der Waals surface area (Å²) in [6.07, 6.45) is 3.13. The van der Waals surface area contributed by atoms with Gasteiger partial charge in [0.25, 0.3) is 0 Å². The zero-order valence-corrected chi connectivity index (χ0v) is 9.50. The van der Waals surface area contributed by atoms with Gasteiger partial charge in [0.2, 0.25) is 0 Å². The van der Waals surface area contributed by atoms with E-state index in [0.29, 0.717) is 12.8 Å². The molecule has 2 fully saturated rings. The van der Waals surface area contributed by atoms with E-state index in [4.69, 9.17) is 4.74 Å². The van der Waals surface area contributed by atoms with Crippen molar-refractivity contribution in [3.8, 4) is 0 Å². The highest BCUT2D eigenvalue weighted by atomic mass is 16.5. The number of rotatable bonds is 4. The summed E-state index contributed by atoms with van der Waals surface area (Å²) in [5.74, 6) is -0.824. The topological polar surface area (TPSA) is 70.0 Å². The zero-order chi connectivity index (χ0) is 11.7. The molecular weight excluding hydrogens is 210 g/mol. The molecule has 0 aromatic carbocycles. The molecule has 5 nitrogen and oxygen atoms in total. The molecule has 2 N–H and O–H groups in total. The summed E-state index contributed by atoms with van der Waals surface area (Å²) in [6.45, 7) is 0.221. The van der Waals surface area contributed by atoms with Crippen molar-refractivity contribution in [3.63, 3.8) is 0 Å². The molecule has 3 unspecified atom stereocenters. The number of aliphatic hydroxyl groups is 1. The lowest BCUT2D eigenvalue weighted by Gasteiger charge is -2.40. The van der Waals surface area contributed by atoms with Gasteiger partial charge < -0.3 is 14.9 Å². The number of fused-ring (bicyclic) bond motifs is 2. The standard InChI is InChI=1S/C11H19NO4/c1-16-6-10(11(14)15)12-7-2-3-8(12)5-9(13)4-7/h7-10,13H,2-6H2,1H3,(H,14,15). The Balaban J connectivity index is 2.11. The largest absolute Gasteiger partial charge is 0.480 e. The van der Waals surface area contributed by atoms with Crippen LogP contribution < -0.4 is 0 Å². The van der Waals surface area contributed by atoms with Crippen molar-refractivity contribution in [1.82, 2.24) is 4.90 Å². The highest BCUT2D eigenvalue weighted by Crippen LogP contribution is 2.37. The molecule has 0 spiro atoms. The van der Waals surface area contributed by atoms with E-state index >= 15 is 0 Å². The summed E-state index contributed by atoms with van der Waals surface area (Å²) in [4.78, 5) is 13.2. The third-order valence-electron chi connectivity index (χ3n) is 3.73. The van der Waals surface area contributed by atoms with Gasteiger partial charge >= 0.3 is 5.97 Å². The minimum Gasteiger partial charge on any atom is -0.480 e. The van der Waals surface area contributed by atoms with Crippen molar-refractivity contribution in [1.29, 1.82) is 0 Å². The maximum atomic E-state index is 11.2. The number of nitrogens with zero attached hydrogens (tertiary/aromatic N) is 1. The normalized spacial score (nSPS) is 36.2. The van der Waals surface area contributed by atoms with Crippen LogP contribution in [-0.2, 0) is 9.53 Å². The number of carboxylic acids is 1. The molecule has 0 saturated carbocycles. The molecule has 3 atom stereocenters. The molecular formula is C11H19NO4. The van der Waals surface area contributed by atoms with Gasteiger partial charge in [0.1, 0.15) is 6.04 Å². The fourth-order valence-electron chi connectivity index (χ4n) is 3.14. The average molecular weight is 229 g/mol. The number of aliphatic hydroxyl groups excluding tert-OH is 1. The van der Waals surface area contributed by atoms with Crippen molar-refractivity contribution in [2.45, 2.75) is 49.9 Å². The molecule has 0 aromatic heterocycles. The smallest absolute Gasteiger partial charge is 0.323 e. The predicted octanol–water partition coefficient (Wildman–Crippen LogP) is 0.0737. The molecule has 0 aliphatic carbocycles. The molecule has 92 valence electrons. The van der Waals surface area contributed by atoms with Crippen LogP contribution >= 0.6 is 0 Å². The third kappa shape index (κ3) is 2.07. The molecule has 0 radical (unpaired) electrons. The first kappa shape index (κ1) is 11.8. The highest BCUT2D eigenvalue weighted by Gasteiger charge is 2.45. The van der Waals surface area contributed by atoms with Gasteiger partial charge in [0.05, 0.1) is 12.7 Å². The summed E-state index contributed by atoms with van der Waals surface area (Å²) in [6, 6.07) is -0.134. The summed E-state index contributed by atoms with van der Waals surface area (Å²) in [5.41, 5.74) is 0.